The Morgan fingerprint density at radius 3 is 2.88 bits per heavy atom. The quantitative estimate of drug-likeness (QED) is 0.584. The smallest absolute Gasteiger partial charge is 0.317 e. The Hall–Kier alpha value is -2.22. The Morgan fingerprint density at radius 2 is 2.24 bits per heavy atom. The van der Waals surface area contributed by atoms with E-state index in [-0.39, 0.29) is 12.4 Å². The first kappa shape index (κ1) is 12.8. The van der Waals surface area contributed by atoms with Gasteiger partial charge in [0, 0.05) is 11.8 Å². The van der Waals surface area contributed by atoms with Gasteiger partial charge in [-0.15, -0.1) is 0 Å². The standard InChI is InChI=1S/C12H15N3O2/c1-3-17-10(16)6-4-5-9-7-15-12(14)11(13)8(9)2/h7H,3,6,13H2,1-2H3,(H2,14,15). The Bertz CT molecular complexity index is 487. The largest absolute Gasteiger partial charge is 0.465 e. The van der Waals surface area contributed by atoms with Crippen LogP contribution in [0.5, 0.6) is 0 Å². The second kappa shape index (κ2) is 5.75. The van der Waals surface area contributed by atoms with E-state index in [4.69, 9.17) is 16.2 Å². The summed E-state index contributed by atoms with van der Waals surface area (Å²) < 4.78 is 4.75. The summed E-state index contributed by atoms with van der Waals surface area (Å²) in [6.07, 6.45) is 1.59. The van der Waals surface area contributed by atoms with Crippen molar-refractivity contribution in [3.8, 4) is 11.8 Å². The maximum Gasteiger partial charge on any atom is 0.317 e. The fraction of sp³-hybridized carbons (Fsp3) is 0.333. The van der Waals surface area contributed by atoms with Gasteiger partial charge >= 0.3 is 5.97 Å². The molecule has 0 spiro atoms. The number of nitrogens with two attached hydrogens (primary N) is 2. The predicted molar refractivity (Wildman–Crippen MR) is 65.9 cm³/mol. The van der Waals surface area contributed by atoms with Crippen molar-refractivity contribution in [3.63, 3.8) is 0 Å². The van der Waals surface area contributed by atoms with E-state index >= 15 is 0 Å². The number of carbonyl (C=O) groups is 1. The molecule has 0 atom stereocenters. The molecule has 5 heteroatoms. The highest BCUT2D eigenvalue weighted by atomic mass is 16.5. The van der Waals surface area contributed by atoms with E-state index in [0.29, 0.717) is 23.7 Å². The van der Waals surface area contributed by atoms with E-state index in [1.54, 1.807) is 13.1 Å². The van der Waals surface area contributed by atoms with Crippen molar-refractivity contribution in [3.05, 3.63) is 17.3 Å². The third-order valence-corrected chi connectivity index (χ3v) is 2.18. The summed E-state index contributed by atoms with van der Waals surface area (Å²) in [5.74, 6) is 5.49. The summed E-state index contributed by atoms with van der Waals surface area (Å²) in [6, 6.07) is 0. The molecule has 0 saturated heterocycles. The minimum atomic E-state index is -0.339. The van der Waals surface area contributed by atoms with Crippen molar-refractivity contribution in [2.45, 2.75) is 20.3 Å². The molecule has 17 heavy (non-hydrogen) atoms. The zero-order valence-electron chi connectivity index (χ0n) is 9.91. The number of pyridine rings is 1. The number of hydrogen-bond donors (Lipinski definition) is 2. The number of rotatable bonds is 2. The molecule has 0 fully saturated rings. The fourth-order valence-electron chi connectivity index (χ4n) is 1.19. The van der Waals surface area contributed by atoms with Crippen molar-refractivity contribution in [2.75, 3.05) is 18.1 Å². The number of hydrogen-bond acceptors (Lipinski definition) is 5. The Morgan fingerprint density at radius 1 is 1.53 bits per heavy atom. The number of nitrogen functional groups attached to an aromatic ring is 2. The van der Waals surface area contributed by atoms with E-state index in [9.17, 15) is 4.79 Å². The molecule has 0 aliphatic heterocycles. The SMILES string of the molecule is CCOC(=O)CC#Cc1cnc(N)c(N)c1C. The average Bonchev–Trinajstić information content (AvgIpc) is 2.29. The molecule has 1 aromatic heterocycles. The van der Waals surface area contributed by atoms with Crippen LogP contribution in [0.2, 0.25) is 0 Å². The van der Waals surface area contributed by atoms with Gasteiger partial charge in [-0.2, -0.15) is 0 Å². The van der Waals surface area contributed by atoms with Gasteiger partial charge in [-0.1, -0.05) is 11.8 Å². The first-order chi connectivity index (χ1) is 8.06. The molecule has 1 heterocycles. The Balaban J connectivity index is 2.79. The molecule has 0 bridgehead atoms. The molecule has 0 amide bonds. The van der Waals surface area contributed by atoms with Gasteiger partial charge in [0.05, 0.1) is 12.3 Å². The zero-order chi connectivity index (χ0) is 12.8. The summed E-state index contributed by atoms with van der Waals surface area (Å²) in [5, 5.41) is 0. The maximum absolute atomic E-state index is 11.1. The third-order valence-electron chi connectivity index (χ3n) is 2.18. The van der Waals surface area contributed by atoms with Gasteiger partial charge in [-0.25, -0.2) is 4.98 Å². The first-order valence-corrected chi connectivity index (χ1v) is 5.21. The molecule has 0 radical (unpaired) electrons. The van der Waals surface area contributed by atoms with Crippen molar-refractivity contribution in [2.24, 2.45) is 0 Å². The van der Waals surface area contributed by atoms with Crippen LogP contribution in [-0.4, -0.2) is 17.6 Å². The normalized spacial score (nSPS) is 9.29. The molecule has 90 valence electrons. The van der Waals surface area contributed by atoms with Crippen molar-refractivity contribution >= 4 is 17.5 Å². The van der Waals surface area contributed by atoms with Gasteiger partial charge in [0.25, 0.3) is 0 Å². The molecule has 0 aliphatic carbocycles. The molecule has 1 rings (SSSR count). The topological polar surface area (TPSA) is 91.2 Å². The van der Waals surface area contributed by atoms with Crippen LogP contribution in [0.15, 0.2) is 6.20 Å². The van der Waals surface area contributed by atoms with Crippen LogP contribution < -0.4 is 11.5 Å². The van der Waals surface area contributed by atoms with Crippen molar-refractivity contribution in [1.82, 2.24) is 4.98 Å². The number of ether oxygens (including phenoxy) is 1. The highest BCUT2D eigenvalue weighted by molar-refractivity contribution is 5.73. The molecule has 4 N–H and O–H groups in total. The highest BCUT2D eigenvalue weighted by Crippen LogP contribution is 2.19. The number of carbonyl (C=O) groups excluding carboxylic acids is 1. The lowest BCUT2D eigenvalue weighted by atomic mass is 10.1. The molecule has 0 aromatic carbocycles. The summed E-state index contributed by atoms with van der Waals surface area (Å²) >= 11 is 0. The number of aromatic nitrogens is 1. The van der Waals surface area contributed by atoms with E-state index < -0.39 is 0 Å². The van der Waals surface area contributed by atoms with Crippen LogP contribution in [0.1, 0.15) is 24.5 Å². The van der Waals surface area contributed by atoms with Crippen molar-refractivity contribution < 1.29 is 9.53 Å². The monoisotopic (exact) mass is 233 g/mol. The summed E-state index contributed by atoms with van der Waals surface area (Å²) in [7, 11) is 0. The van der Waals surface area contributed by atoms with Crippen LogP contribution in [0.4, 0.5) is 11.5 Å². The summed E-state index contributed by atoms with van der Waals surface area (Å²) in [5.41, 5.74) is 13.1. The first-order valence-electron chi connectivity index (χ1n) is 5.21. The minimum absolute atomic E-state index is 0.0531. The molecule has 1 aromatic rings. The van der Waals surface area contributed by atoms with Gasteiger partial charge in [0.2, 0.25) is 0 Å². The molecule has 0 saturated carbocycles. The maximum atomic E-state index is 11.1. The van der Waals surface area contributed by atoms with Crippen LogP contribution >= 0.6 is 0 Å². The van der Waals surface area contributed by atoms with E-state index in [0.717, 1.165) is 5.56 Å². The number of nitrogens with zero attached hydrogens (tertiary/aromatic N) is 1. The van der Waals surface area contributed by atoms with Gasteiger partial charge in [0.1, 0.15) is 12.2 Å². The lowest BCUT2D eigenvalue weighted by molar-refractivity contribution is -0.141. The van der Waals surface area contributed by atoms with E-state index in [1.807, 2.05) is 6.92 Å². The van der Waals surface area contributed by atoms with Crippen molar-refractivity contribution in [1.29, 1.82) is 0 Å². The van der Waals surface area contributed by atoms with Crippen LogP contribution in [0, 0.1) is 18.8 Å². The average molecular weight is 233 g/mol. The highest BCUT2D eigenvalue weighted by Gasteiger charge is 2.04. The summed E-state index contributed by atoms with van der Waals surface area (Å²) in [6.45, 7) is 3.91. The van der Waals surface area contributed by atoms with Crippen LogP contribution in [0.3, 0.4) is 0 Å². The third kappa shape index (κ3) is 3.38. The molecule has 5 nitrogen and oxygen atoms in total. The second-order valence-corrected chi connectivity index (χ2v) is 3.38. The Kier molecular flexibility index (Phi) is 4.35. The lowest BCUT2D eigenvalue weighted by Gasteiger charge is -2.04. The van der Waals surface area contributed by atoms with Gasteiger partial charge in [0.15, 0.2) is 0 Å². The molecule has 0 aliphatic rings. The van der Waals surface area contributed by atoms with Crippen LogP contribution in [-0.2, 0) is 9.53 Å². The zero-order valence-corrected chi connectivity index (χ0v) is 9.91. The molecular formula is C12H15N3O2. The summed E-state index contributed by atoms with van der Waals surface area (Å²) in [4.78, 5) is 15.0. The minimum Gasteiger partial charge on any atom is -0.465 e. The van der Waals surface area contributed by atoms with Gasteiger partial charge < -0.3 is 16.2 Å². The van der Waals surface area contributed by atoms with Crippen LogP contribution in [0.25, 0.3) is 0 Å². The lowest BCUT2D eigenvalue weighted by Crippen LogP contribution is -2.03. The van der Waals surface area contributed by atoms with Gasteiger partial charge in [-0.05, 0) is 19.4 Å². The number of esters is 1. The fourth-order valence-corrected chi connectivity index (χ4v) is 1.19. The number of anilines is 2. The van der Waals surface area contributed by atoms with E-state index in [1.165, 1.54) is 0 Å². The Labute approximate surface area is 100 Å². The molecular weight excluding hydrogens is 218 g/mol. The predicted octanol–water partition coefficient (Wildman–Crippen LogP) is 0.859. The molecule has 0 unspecified atom stereocenters. The van der Waals surface area contributed by atoms with E-state index in [2.05, 4.69) is 16.8 Å². The van der Waals surface area contributed by atoms with Gasteiger partial charge in [-0.3, -0.25) is 4.79 Å². The second-order valence-electron chi connectivity index (χ2n) is 3.38.